The predicted molar refractivity (Wildman–Crippen MR) is 120 cm³/mol. The van der Waals surface area contributed by atoms with E-state index in [1.165, 1.54) is 16.6 Å². The van der Waals surface area contributed by atoms with E-state index in [2.05, 4.69) is 33.9 Å². The molecule has 1 N–H and O–H groups in total. The van der Waals surface area contributed by atoms with Crippen molar-refractivity contribution in [3.8, 4) is 17.6 Å². The first-order chi connectivity index (χ1) is 15.2. The highest BCUT2D eigenvalue weighted by Crippen LogP contribution is 2.29. The molecule has 0 unspecified atom stereocenters. The molecule has 2 aromatic carbocycles. The summed E-state index contributed by atoms with van der Waals surface area (Å²) in [5.74, 6) is 6.78. The number of carbonyl (C=O) groups excluding carboxylic acids is 1. The van der Waals surface area contributed by atoms with Crippen LogP contribution in [0.2, 0.25) is 0 Å². The molecule has 0 atom stereocenters. The average Bonchev–Trinajstić information content (AvgIpc) is 3.20. The van der Waals surface area contributed by atoms with E-state index in [0.717, 1.165) is 11.9 Å². The minimum absolute atomic E-state index is 0.000490. The van der Waals surface area contributed by atoms with Crippen molar-refractivity contribution >= 4 is 16.8 Å². The van der Waals surface area contributed by atoms with E-state index in [4.69, 9.17) is 4.74 Å². The van der Waals surface area contributed by atoms with Crippen LogP contribution in [0.5, 0.6) is 5.75 Å². The second-order valence-electron chi connectivity index (χ2n) is 7.48. The highest BCUT2D eigenvalue weighted by molar-refractivity contribution is 5.95. The van der Waals surface area contributed by atoms with Crippen LogP contribution in [0, 0.1) is 11.8 Å². The number of H-pyrrole nitrogens is 1. The van der Waals surface area contributed by atoms with Crippen LogP contribution in [-0.2, 0) is 13.0 Å². The molecule has 5 heteroatoms. The van der Waals surface area contributed by atoms with Gasteiger partial charge < -0.3 is 14.6 Å². The van der Waals surface area contributed by atoms with Crippen molar-refractivity contribution < 1.29 is 9.53 Å². The molecule has 1 aliphatic rings. The Hall–Kier alpha value is -4.04. The van der Waals surface area contributed by atoms with E-state index in [1.54, 1.807) is 25.4 Å². The van der Waals surface area contributed by atoms with Gasteiger partial charge in [0, 0.05) is 53.4 Å². The molecule has 0 fully saturated rings. The first-order valence-electron chi connectivity index (χ1n) is 10.2. The molecule has 4 aromatic rings. The molecule has 0 saturated heterocycles. The molecular weight excluding hydrogens is 386 g/mol. The minimum atomic E-state index is -0.000490. The number of ether oxygens (including phenoxy) is 1. The van der Waals surface area contributed by atoms with Gasteiger partial charge in [0.15, 0.2) is 0 Å². The van der Waals surface area contributed by atoms with Crippen molar-refractivity contribution in [1.29, 1.82) is 0 Å². The maximum absolute atomic E-state index is 13.3. The number of aromatic amines is 1. The summed E-state index contributed by atoms with van der Waals surface area (Å²) in [4.78, 5) is 22.9. The minimum Gasteiger partial charge on any atom is -0.495 e. The first kappa shape index (κ1) is 19.0. The smallest absolute Gasteiger partial charge is 0.254 e. The Morgan fingerprint density at radius 2 is 1.97 bits per heavy atom. The van der Waals surface area contributed by atoms with E-state index >= 15 is 0 Å². The van der Waals surface area contributed by atoms with Crippen molar-refractivity contribution in [3.05, 3.63) is 94.9 Å². The van der Waals surface area contributed by atoms with Crippen molar-refractivity contribution in [2.45, 2.75) is 13.0 Å². The Morgan fingerprint density at radius 3 is 2.81 bits per heavy atom. The van der Waals surface area contributed by atoms with Gasteiger partial charge >= 0.3 is 0 Å². The zero-order valence-electron chi connectivity index (χ0n) is 17.2. The number of amides is 1. The van der Waals surface area contributed by atoms with Crippen LogP contribution in [0.25, 0.3) is 10.9 Å². The van der Waals surface area contributed by atoms with Gasteiger partial charge in [-0.15, -0.1) is 0 Å². The van der Waals surface area contributed by atoms with Gasteiger partial charge in [0.25, 0.3) is 5.91 Å². The highest BCUT2D eigenvalue weighted by atomic mass is 16.5. The molecule has 0 radical (unpaired) electrons. The molecule has 5 nitrogen and oxygen atoms in total. The molecule has 2 aromatic heterocycles. The van der Waals surface area contributed by atoms with E-state index in [1.807, 2.05) is 41.3 Å². The predicted octanol–water partition coefficient (Wildman–Crippen LogP) is 4.17. The number of rotatable bonds is 2. The molecule has 1 amide bonds. The third kappa shape index (κ3) is 3.64. The van der Waals surface area contributed by atoms with Gasteiger partial charge in [0.1, 0.15) is 11.4 Å². The lowest BCUT2D eigenvalue weighted by molar-refractivity contribution is 0.0735. The average molecular weight is 407 g/mol. The Labute approximate surface area is 180 Å². The fraction of sp³-hybridized carbons (Fsp3) is 0.154. The Balaban J connectivity index is 1.44. The van der Waals surface area contributed by atoms with Crippen LogP contribution in [0.15, 0.2) is 66.9 Å². The molecule has 0 saturated carbocycles. The van der Waals surface area contributed by atoms with Crippen LogP contribution in [-0.4, -0.2) is 34.4 Å². The number of fused-ring (bicyclic) bond motifs is 3. The van der Waals surface area contributed by atoms with Crippen LogP contribution < -0.4 is 4.74 Å². The number of pyridine rings is 1. The first-order valence-corrected chi connectivity index (χ1v) is 10.2. The molecule has 5 rings (SSSR count). The lowest BCUT2D eigenvalue weighted by Gasteiger charge is -2.27. The molecule has 152 valence electrons. The van der Waals surface area contributed by atoms with E-state index in [-0.39, 0.29) is 5.91 Å². The molecule has 0 spiro atoms. The maximum Gasteiger partial charge on any atom is 0.254 e. The fourth-order valence-electron chi connectivity index (χ4n) is 4.03. The van der Waals surface area contributed by atoms with Crippen molar-refractivity contribution in [1.82, 2.24) is 14.9 Å². The third-order valence-corrected chi connectivity index (χ3v) is 5.61. The van der Waals surface area contributed by atoms with Gasteiger partial charge in [-0.2, -0.15) is 0 Å². The van der Waals surface area contributed by atoms with Gasteiger partial charge in [-0.1, -0.05) is 30.2 Å². The molecule has 31 heavy (non-hydrogen) atoms. The molecule has 0 bridgehead atoms. The van der Waals surface area contributed by atoms with Crippen LogP contribution in [0.3, 0.4) is 0 Å². The van der Waals surface area contributed by atoms with Crippen LogP contribution in [0.1, 0.15) is 32.9 Å². The van der Waals surface area contributed by atoms with E-state index in [9.17, 15) is 4.79 Å². The van der Waals surface area contributed by atoms with Crippen molar-refractivity contribution in [2.75, 3.05) is 13.7 Å². The molecule has 1 aliphatic heterocycles. The summed E-state index contributed by atoms with van der Waals surface area (Å²) in [6.45, 7) is 1.28. The van der Waals surface area contributed by atoms with Crippen LogP contribution in [0.4, 0.5) is 0 Å². The van der Waals surface area contributed by atoms with Crippen LogP contribution >= 0.6 is 0 Å². The van der Waals surface area contributed by atoms with Gasteiger partial charge in [-0.25, -0.2) is 4.98 Å². The topological polar surface area (TPSA) is 58.2 Å². The maximum atomic E-state index is 13.3. The second kappa shape index (κ2) is 8.00. The van der Waals surface area contributed by atoms with Crippen molar-refractivity contribution in [3.63, 3.8) is 0 Å². The van der Waals surface area contributed by atoms with E-state index in [0.29, 0.717) is 35.7 Å². The summed E-state index contributed by atoms with van der Waals surface area (Å²) in [6, 6.07) is 19.3. The van der Waals surface area contributed by atoms with Crippen molar-refractivity contribution in [2.24, 2.45) is 0 Å². The summed E-state index contributed by atoms with van der Waals surface area (Å²) in [5.41, 5.74) is 5.50. The Morgan fingerprint density at radius 1 is 1.10 bits per heavy atom. The third-order valence-electron chi connectivity index (χ3n) is 5.61. The zero-order valence-corrected chi connectivity index (χ0v) is 17.2. The summed E-state index contributed by atoms with van der Waals surface area (Å²) in [7, 11) is 1.60. The van der Waals surface area contributed by atoms with Gasteiger partial charge in [0.2, 0.25) is 0 Å². The number of aromatic nitrogens is 2. The SMILES string of the molecule is COc1ccc(C(=O)N2CCc3[nH]c4ccccc4c3C2)cc1C#Cc1ccccn1. The normalized spacial score (nSPS) is 12.7. The largest absolute Gasteiger partial charge is 0.495 e. The second-order valence-corrected chi connectivity index (χ2v) is 7.48. The number of nitrogens with one attached hydrogen (secondary N) is 1. The van der Waals surface area contributed by atoms with E-state index < -0.39 is 0 Å². The number of hydrogen-bond donors (Lipinski definition) is 1. The lowest BCUT2D eigenvalue weighted by Crippen LogP contribution is -2.35. The zero-order chi connectivity index (χ0) is 21.2. The Bertz CT molecular complexity index is 1330. The van der Waals surface area contributed by atoms with Gasteiger partial charge in [0.05, 0.1) is 12.7 Å². The summed E-state index contributed by atoms with van der Waals surface area (Å²) in [6.07, 6.45) is 2.52. The monoisotopic (exact) mass is 407 g/mol. The number of hydrogen-bond acceptors (Lipinski definition) is 3. The number of carbonyl (C=O) groups is 1. The quantitative estimate of drug-likeness (QED) is 0.508. The molecule has 0 aliphatic carbocycles. The number of benzene rings is 2. The lowest BCUT2D eigenvalue weighted by atomic mass is 10.0. The number of methoxy groups -OCH3 is 1. The highest BCUT2D eigenvalue weighted by Gasteiger charge is 2.25. The number of nitrogens with zero attached hydrogens (tertiary/aromatic N) is 2. The summed E-state index contributed by atoms with van der Waals surface area (Å²) in [5, 5.41) is 1.19. The fourth-order valence-corrected chi connectivity index (χ4v) is 4.03. The van der Waals surface area contributed by atoms with Gasteiger partial charge in [-0.3, -0.25) is 4.79 Å². The summed E-state index contributed by atoms with van der Waals surface area (Å²) >= 11 is 0. The molecular formula is C26H21N3O2. The number of para-hydroxylation sites is 1. The summed E-state index contributed by atoms with van der Waals surface area (Å²) < 4.78 is 5.45. The molecule has 3 heterocycles. The van der Waals surface area contributed by atoms with Gasteiger partial charge in [-0.05, 0) is 42.3 Å². The standard InChI is InChI=1S/C26H21N3O2/c1-31-25-12-10-19(16-18(25)9-11-20-6-4-5-14-27-20)26(30)29-15-13-24-22(17-29)21-7-2-3-8-23(21)28-24/h2-8,10,12,14,16,28H,13,15,17H2,1H3. The Kier molecular flexibility index (Phi) is 4.89.